The highest BCUT2D eigenvalue weighted by Gasteiger charge is 2.38. The summed E-state index contributed by atoms with van der Waals surface area (Å²) in [5.41, 5.74) is 2.15. The summed E-state index contributed by atoms with van der Waals surface area (Å²) < 4.78 is 8.26. The molecule has 188 valence electrons. The zero-order valence-corrected chi connectivity index (χ0v) is 24.7. The van der Waals surface area contributed by atoms with Crippen LogP contribution in [0.1, 0.15) is 55.8 Å². The van der Waals surface area contributed by atoms with Crippen molar-refractivity contribution in [2.24, 2.45) is 5.92 Å². The van der Waals surface area contributed by atoms with Gasteiger partial charge < -0.3 is 0 Å². The summed E-state index contributed by atoms with van der Waals surface area (Å²) in [5, 5.41) is 4.88. The predicted molar refractivity (Wildman–Crippen MR) is 166 cm³/mol. The number of thiophene rings is 4. The van der Waals surface area contributed by atoms with E-state index in [1.807, 2.05) is 53.9 Å². The minimum atomic E-state index is 0.154. The molecule has 2 nitrogen and oxygen atoms in total. The van der Waals surface area contributed by atoms with Crippen LogP contribution >= 0.6 is 45.3 Å². The topological polar surface area (TPSA) is 34.1 Å². The average molecular weight is 561 g/mol. The molecule has 4 heterocycles. The van der Waals surface area contributed by atoms with E-state index in [2.05, 4.69) is 73.8 Å². The summed E-state index contributed by atoms with van der Waals surface area (Å²) in [7, 11) is 0. The van der Waals surface area contributed by atoms with Gasteiger partial charge in [0.05, 0.1) is 19.0 Å². The Balaban J connectivity index is 0.000000127. The van der Waals surface area contributed by atoms with Crippen LogP contribution in [0.25, 0.3) is 39.0 Å². The van der Waals surface area contributed by atoms with E-state index in [1.54, 1.807) is 18.3 Å². The molecule has 2 atom stereocenters. The molecule has 6 heteroatoms. The summed E-state index contributed by atoms with van der Waals surface area (Å²) in [6.45, 7) is 9.47. The number of carbonyl (C=O) groups excluding carboxylic acids is 2. The molecule has 1 aliphatic rings. The monoisotopic (exact) mass is 560 g/mol. The number of hydrogen-bond donors (Lipinski definition) is 0. The fraction of sp³-hybridized carbons (Fsp3) is 0.226. The molecule has 7 rings (SSSR count). The van der Waals surface area contributed by atoms with Crippen molar-refractivity contribution in [2.75, 3.05) is 0 Å². The number of rotatable bonds is 1. The number of fused-ring (bicyclic) bond motifs is 8. The molecule has 2 unspecified atom stereocenters. The first kappa shape index (κ1) is 26.0. The molecule has 0 bridgehead atoms. The number of hydrogen-bond acceptors (Lipinski definition) is 6. The fourth-order valence-corrected chi connectivity index (χ4v) is 9.74. The summed E-state index contributed by atoms with van der Waals surface area (Å²) >= 11 is 7.25. The van der Waals surface area contributed by atoms with E-state index < -0.39 is 0 Å². The van der Waals surface area contributed by atoms with Gasteiger partial charge in [0.15, 0.2) is 11.6 Å². The van der Waals surface area contributed by atoms with Crippen LogP contribution in [0, 0.1) is 5.92 Å². The molecule has 0 fully saturated rings. The number of ketones is 2. The Bertz CT molecular complexity index is 1790. The quantitative estimate of drug-likeness (QED) is 0.187. The summed E-state index contributed by atoms with van der Waals surface area (Å²) in [6.07, 6.45) is 1.81. The fourth-order valence-electron chi connectivity index (χ4n) is 4.48. The largest absolute Gasteiger partial charge is 0.295 e. The Morgan fingerprint density at radius 2 is 1.38 bits per heavy atom. The van der Waals surface area contributed by atoms with Gasteiger partial charge in [0.2, 0.25) is 0 Å². The molecule has 37 heavy (non-hydrogen) atoms. The lowest BCUT2D eigenvalue weighted by molar-refractivity contribution is -0.113. The standard InChI is InChI=1S/C15H12OS2.C10H6S2.C6H10O/c1-7-8(2)12(16)14-11(7)15-13(18-14)9-5-3-4-6-10(9)17-15;1-2-4-8-7(3-1)10-9(12-8)5-6-11-10;1-4-5(2)6(3)7/h3-8H,1-2H3;1-6H;4H,1-3H3/b;;5-4+. The molecule has 4 aromatic heterocycles. The normalized spacial score (nSPS) is 17.1. The van der Waals surface area contributed by atoms with Crippen molar-refractivity contribution in [1.82, 2.24) is 0 Å². The SMILES string of the molecule is C/C=C(\C)C(C)=O.CC1C(=O)c2sc3c(sc4ccccc43)c2C1C.c1ccc2c(c1)sc1ccsc12. The highest BCUT2D eigenvalue weighted by atomic mass is 32.1. The van der Waals surface area contributed by atoms with Crippen LogP contribution in [0.5, 0.6) is 0 Å². The lowest BCUT2D eigenvalue weighted by Crippen LogP contribution is -2.06. The molecule has 0 aliphatic heterocycles. The number of allylic oxidation sites excluding steroid dienone is 2. The van der Waals surface area contributed by atoms with Gasteiger partial charge >= 0.3 is 0 Å². The highest BCUT2D eigenvalue weighted by molar-refractivity contribution is 7.34. The van der Waals surface area contributed by atoms with Gasteiger partial charge in [-0.15, -0.1) is 45.3 Å². The Morgan fingerprint density at radius 3 is 2.00 bits per heavy atom. The Hall–Kier alpha value is -2.64. The maximum absolute atomic E-state index is 12.2. The molecule has 2 aromatic carbocycles. The van der Waals surface area contributed by atoms with Gasteiger partial charge in [0, 0.05) is 30.8 Å². The molecule has 0 saturated carbocycles. The van der Waals surface area contributed by atoms with Gasteiger partial charge in [-0.25, -0.2) is 0 Å². The number of benzene rings is 2. The van der Waals surface area contributed by atoms with Gasteiger partial charge in [0.25, 0.3) is 0 Å². The van der Waals surface area contributed by atoms with Crippen molar-refractivity contribution in [3.05, 3.63) is 82.1 Å². The highest BCUT2D eigenvalue weighted by Crippen LogP contribution is 2.51. The van der Waals surface area contributed by atoms with Crippen molar-refractivity contribution < 1.29 is 9.59 Å². The van der Waals surface area contributed by atoms with E-state index in [-0.39, 0.29) is 11.7 Å². The van der Waals surface area contributed by atoms with E-state index in [9.17, 15) is 9.59 Å². The predicted octanol–water partition coefficient (Wildman–Crippen LogP) is 10.7. The van der Waals surface area contributed by atoms with Crippen LogP contribution in [-0.4, -0.2) is 11.6 Å². The molecule has 0 spiro atoms. The lowest BCUT2D eigenvalue weighted by atomic mass is 9.96. The lowest BCUT2D eigenvalue weighted by Gasteiger charge is -2.07. The Kier molecular flexibility index (Phi) is 7.46. The number of Topliss-reactive ketones (excluding diaryl/α,β-unsaturated/α-hetero) is 2. The van der Waals surface area contributed by atoms with Crippen molar-refractivity contribution in [3.8, 4) is 0 Å². The molecule has 0 saturated heterocycles. The van der Waals surface area contributed by atoms with E-state index >= 15 is 0 Å². The molecule has 0 N–H and O–H groups in total. The van der Waals surface area contributed by atoms with Gasteiger partial charge in [-0.05, 0) is 61.4 Å². The zero-order valence-electron chi connectivity index (χ0n) is 21.5. The van der Waals surface area contributed by atoms with Crippen molar-refractivity contribution in [3.63, 3.8) is 0 Å². The minimum absolute atomic E-state index is 0.154. The van der Waals surface area contributed by atoms with Gasteiger partial charge in [-0.3, -0.25) is 9.59 Å². The van der Waals surface area contributed by atoms with Gasteiger partial charge in [-0.2, -0.15) is 0 Å². The molecule has 6 aromatic rings. The maximum Gasteiger partial charge on any atom is 0.176 e. The number of carbonyl (C=O) groups is 2. The third-order valence-electron chi connectivity index (χ3n) is 7.06. The average Bonchev–Trinajstić information content (AvgIpc) is 3.69. The van der Waals surface area contributed by atoms with Crippen LogP contribution in [0.2, 0.25) is 0 Å². The zero-order chi connectivity index (χ0) is 26.3. The van der Waals surface area contributed by atoms with Crippen LogP contribution in [-0.2, 0) is 4.79 Å². The van der Waals surface area contributed by atoms with Crippen LogP contribution in [0.3, 0.4) is 0 Å². The third-order valence-corrected chi connectivity index (χ3v) is 11.9. The van der Waals surface area contributed by atoms with E-state index in [0.717, 1.165) is 10.5 Å². The van der Waals surface area contributed by atoms with Crippen LogP contribution in [0.4, 0.5) is 0 Å². The van der Waals surface area contributed by atoms with Crippen molar-refractivity contribution >= 4 is 95.9 Å². The summed E-state index contributed by atoms with van der Waals surface area (Å²) in [4.78, 5) is 23.5. The van der Waals surface area contributed by atoms with E-state index in [0.29, 0.717) is 11.7 Å². The maximum atomic E-state index is 12.2. The first-order valence-corrected chi connectivity index (χ1v) is 15.6. The Morgan fingerprint density at radius 1 is 0.757 bits per heavy atom. The van der Waals surface area contributed by atoms with Crippen molar-refractivity contribution in [1.29, 1.82) is 0 Å². The first-order valence-electron chi connectivity index (χ1n) is 12.3. The molecule has 1 aliphatic carbocycles. The van der Waals surface area contributed by atoms with Crippen LogP contribution < -0.4 is 0 Å². The second kappa shape index (κ2) is 10.6. The molecule has 0 radical (unpaired) electrons. The molecule has 0 amide bonds. The Labute approximate surface area is 232 Å². The molecular weight excluding hydrogens is 533 g/mol. The second-order valence-corrected chi connectivity index (χ2v) is 13.4. The second-order valence-electron chi connectivity index (χ2n) is 9.28. The van der Waals surface area contributed by atoms with Crippen LogP contribution in [0.15, 0.2) is 71.6 Å². The third kappa shape index (κ3) is 4.72. The van der Waals surface area contributed by atoms with Crippen molar-refractivity contribution in [2.45, 2.75) is 40.5 Å². The molecular formula is C31H28O2S4. The van der Waals surface area contributed by atoms with Gasteiger partial charge in [0.1, 0.15) is 0 Å². The van der Waals surface area contributed by atoms with E-state index in [1.165, 1.54) is 44.5 Å². The summed E-state index contributed by atoms with van der Waals surface area (Å²) in [5.74, 6) is 1.02. The minimum Gasteiger partial charge on any atom is -0.295 e. The summed E-state index contributed by atoms with van der Waals surface area (Å²) in [6, 6.07) is 19.3. The smallest absolute Gasteiger partial charge is 0.176 e. The van der Waals surface area contributed by atoms with Gasteiger partial charge in [-0.1, -0.05) is 56.3 Å². The first-order chi connectivity index (χ1) is 17.8. The van der Waals surface area contributed by atoms with E-state index in [4.69, 9.17) is 0 Å².